The third kappa shape index (κ3) is 1.84. The highest BCUT2D eigenvalue weighted by Crippen LogP contribution is 2.17. The van der Waals surface area contributed by atoms with E-state index in [4.69, 9.17) is 0 Å². The Morgan fingerprint density at radius 3 is 2.80 bits per heavy atom. The van der Waals surface area contributed by atoms with Crippen LogP contribution in [-0.4, -0.2) is 12.0 Å². The molecule has 1 N–H and O–H groups in total. The van der Waals surface area contributed by atoms with Gasteiger partial charge in [-0.1, -0.05) is 18.7 Å². The smallest absolute Gasteiger partial charge is 0.0705 e. The van der Waals surface area contributed by atoms with Crippen LogP contribution in [0.4, 0.5) is 0 Å². The summed E-state index contributed by atoms with van der Waals surface area (Å²) in [6, 6.07) is 10.3. The Balaban J connectivity index is 2.57. The lowest BCUT2D eigenvalue weighted by molar-refractivity contribution is 1.13. The Morgan fingerprint density at radius 2 is 2.07 bits per heavy atom. The molecular weight excluding hydrogens is 184 g/mol. The summed E-state index contributed by atoms with van der Waals surface area (Å²) in [6.45, 7) is 5.94. The third-order valence-corrected chi connectivity index (χ3v) is 2.48. The summed E-state index contributed by atoms with van der Waals surface area (Å²) in [5.41, 5.74) is 4.11. The third-order valence-electron chi connectivity index (χ3n) is 2.48. The SMILES string of the molecule is C=C(NC)c1ccc2nc(C)ccc2c1. The second kappa shape index (κ2) is 3.73. The maximum absolute atomic E-state index is 4.45. The molecule has 0 amide bonds. The fourth-order valence-corrected chi connectivity index (χ4v) is 1.56. The van der Waals surface area contributed by atoms with Gasteiger partial charge in [0.25, 0.3) is 0 Å². The predicted octanol–water partition coefficient (Wildman–Crippen LogP) is 2.73. The highest BCUT2D eigenvalue weighted by atomic mass is 14.8. The molecule has 2 aromatic rings. The van der Waals surface area contributed by atoms with Crippen LogP contribution in [0.5, 0.6) is 0 Å². The standard InChI is InChI=1S/C13H14N2/c1-9-4-5-12-8-11(10(2)14-3)6-7-13(12)15-9/h4-8,14H,2H2,1,3H3. The van der Waals surface area contributed by atoms with E-state index in [0.717, 1.165) is 27.9 Å². The first-order valence-electron chi connectivity index (χ1n) is 4.95. The maximum Gasteiger partial charge on any atom is 0.0705 e. The second-order valence-electron chi connectivity index (χ2n) is 3.59. The number of fused-ring (bicyclic) bond motifs is 1. The highest BCUT2D eigenvalue weighted by Gasteiger charge is 1.99. The molecule has 0 aliphatic carbocycles. The number of benzene rings is 1. The fourth-order valence-electron chi connectivity index (χ4n) is 1.56. The van der Waals surface area contributed by atoms with E-state index in [0.29, 0.717) is 0 Å². The summed E-state index contributed by atoms with van der Waals surface area (Å²) >= 11 is 0. The van der Waals surface area contributed by atoms with Crippen molar-refractivity contribution in [3.63, 3.8) is 0 Å². The van der Waals surface area contributed by atoms with E-state index in [1.807, 2.05) is 32.2 Å². The molecule has 0 saturated heterocycles. The Bertz CT molecular complexity index is 515. The number of hydrogen-bond acceptors (Lipinski definition) is 2. The Kier molecular flexibility index (Phi) is 2.42. The van der Waals surface area contributed by atoms with E-state index in [1.54, 1.807) is 0 Å². The lowest BCUT2D eigenvalue weighted by Gasteiger charge is -2.06. The van der Waals surface area contributed by atoms with Crippen molar-refractivity contribution >= 4 is 16.6 Å². The van der Waals surface area contributed by atoms with Gasteiger partial charge in [-0.25, -0.2) is 0 Å². The van der Waals surface area contributed by atoms with E-state index < -0.39 is 0 Å². The average Bonchev–Trinajstić information content (AvgIpc) is 2.27. The quantitative estimate of drug-likeness (QED) is 0.802. The van der Waals surface area contributed by atoms with Crippen LogP contribution in [0.25, 0.3) is 16.6 Å². The van der Waals surface area contributed by atoms with Crippen LogP contribution in [-0.2, 0) is 0 Å². The van der Waals surface area contributed by atoms with Gasteiger partial charge in [0, 0.05) is 23.8 Å². The first-order chi connectivity index (χ1) is 7.20. The predicted molar refractivity (Wildman–Crippen MR) is 64.6 cm³/mol. The van der Waals surface area contributed by atoms with Gasteiger partial charge >= 0.3 is 0 Å². The first kappa shape index (κ1) is 9.71. The molecule has 0 aliphatic rings. The number of rotatable bonds is 2. The molecule has 1 aromatic carbocycles. The summed E-state index contributed by atoms with van der Waals surface area (Å²) in [4.78, 5) is 4.45. The summed E-state index contributed by atoms with van der Waals surface area (Å²) < 4.78 is 0. The summed E-state index contributed by atoms with van der Waals surface area (Å²) in [5.74, 6) is 0. The van der Waals surface area contributed by atoms with E-state index in [2.05, 4.69) is 29.0 Å². The molecule has 0 aliphatic heterocycles. The largest absolute Gasteiger partial charge is 0.388 e. The van der Waals surface area contributed by atoms with Crippen molar-refractivity contribution in [3.05, 3.63) is 48.2 Å². The molecule has 0 unspecified atom stereocenters. The van der Waals surface area contributed by atoms with Gasteiger partial charge < -0.3 is 5.32 Å². The molecule has 1 aromatic heterocycles. The Labute approximate surface area is 89.7 Å². The number of aryl methyl sites for hydroxylation is 1. The molecule has 0 radical (unpaired) electrons. The molecule has 0 spiro atoms. The average molecular weight is 198 g/mol. The van der Waals surface area contributed by atoms with E-state index >= 15 is 0 Å². The van der Waals surface area contributed by atoms with Crippen LogP contribution < -0.4 is 5.32 Å². The van der Waals surface area contributed by atoms with Gasteiger partial charge in [-0.15, -0.1) is 0 Å². The molecule has 1 heterocycles. The van der Waals surface area contributed by atoms with Crippen molar-refractivity contribution in [1.29, 1.82) is 0 Å². The zero-order valence-corrected chi connectivity index (χ0v) is 9.04. The van der Waals surface area contributed by atoms with Crippen LogP contribution in [0.2, 0.25) is 0 Å². The van der Waals surface area contributed by atoms with Crippen LogP contribution in [0.15, 0.2) is 36.9 Å². The maximum atomic E-state index is 4.45. The first-order valence-corrected chi connectivity index (χ1v) is 4.95. The molecule has 0 atom stereocenters. The summed E-state index contributed by atoms with van der Waals surface area (Å²) in [5, 5.41) is 4.19. The van der Waals surface area contributed by atoms with Crippen LogP contribution in [0.3, 0.4) is 0 Å². The van der Waals surface area contributed by atoms with Gasteiger partial charge in [-0.3, -0.25) is 4.98 Å². The summed E-state index contributed by atoms with van der Waals surface area (Å²) in [7, 11) is 1.87. The van der Waals surface area contributed by atoms with Crippen molar-refractivity contribution in [3.8, 4) is 0 Å². The topological polar surface area (TPSA) is 24.9 Å². The highest BCUT2D eigenvalue weighted by molar-refractivity contribution is 5.82. The van der Waals surface area contributed by atoms with Crippen molar-refractivity contribution in [1.82, 2.24) is 10.3 Å². The second-order valence-corrected chi connectivity index (χ2v) is 3.59. The molecule has 2 heteroatoms. The lowest BCUT2D eigenvalue weighted by Crippen LogP contribution is -2.02. The molecule has 2 nitrogen and oxygen atoms in total. The van der Waals surface area contributed by atoms with Crippen molar-refractivity contribution in [2.45, 2.75) is 6.92 Å². The van der Waals surface area contributed by atoms with Crippen molar-refractivity contribution < 1.29 is 0 Å². The van der Waals surface area contributed by atoms with E-state index in [9.17, 15) is 0 Å². The monoisotopic (exact) mass is 198 g/mol. The fraction of sp³-hybridized carbons (Fsp3) is 0.154. The molecule has 0 fully saturated rings. The minimum atomic E-state index is 0.928. The molecule has 0 saturated carbocycles. The lowest BCUT2D eigenvalue weighted by atomic mass is 10.1. The number of aromatic nitrogens is 1. The van der Waals surface area contributed by atoms with E-state index in [-0.39, 0.29) is 0 Å². The van der Waals surface area contributed by atoms with E-state index in [1.165, 1.54) is 0 Å². The molecular formula is C13H14N2. The zero-order valence-electron chi connectivity index (χ0n) is 9.04. The van der Waals surface area contributed by atoms with Gasteiger partial charge in [0.05, 0.1) is 5.52 Å². The number of nitrogens with zero attached hydrogens (tertiary/aromatic N) is 1. The summed E-state index contributed by atoms with van der Waals surface area (Å²) in [6.07, 6.45) is 0. The van der Waals surface area contributed by atoms with Crippen LogP contribution in [0, 0.1) is 6.92 Å². The Hall–Kier alpha value is -1.83. The van der Waals surface area contributed by atoms with Crippen molar-refractivity contribution in [2.75, 3.05) is 7.05 Å². The van der Waals surface area contributed by atoms with Gasteiger partial charge in [-0.05, 0) is 30.7 Å². The van der Waals surface area contributed by atoms with Crippen LogP contribution >= 0.6 is 0 Å². The molecule has 0 bridgehead atoms. The minimum Gasteiger partial charge on any atom is -0.388 e. The van der Waals surface area contributed by atoms with Gasteiger partial charge in [0.15, 0.2) is 0 Å². The van der Waals surface area contributed by atoms with Gasteiger partial charge in [0.2, 0.25) is 0 Å². The normalized spacial score (nSPS) is 10.3. The molecule has 15 heavy (non-hydrogen) atoms. The van der Waals surface area contributed by atoms with Gasteiger partial charge in [0.1, 0.15) is 0 Å². The van der Waals surface area contributed by atoms with Crippen molar-refractivity contribution in [2.24, 2.45) is 0 Å². The minimum absolute atomic E-state index is 0.928. The van der Waals surface area contributed by atoms with Gasteiger partial charge in [-0.2, -0.15) is 0 Å². The zero-order chi connectivity index (χ0) is 10.8. The number of nitrogens with one attached hydrogen (secondary N) is 1. The van der Waals surface area contributed by atoms with Crippen LogP contribution in [0.1, 0.15) is 11.3 Å². The molecule has 76 valence electrons. The molecule has 2 rings (SSSR count). The number of hydrogen-bond donors (Lipinski definition) is 1. The Morgan fingerprint density at radius 1 is 1.27 bits per heavy atom. The number of pyridine rings is 1.